The molecule has 4 rings (SSSR count). The van der Waals surface area contributed by atoms with Gasteiger partial charge in [-0.25, -0.2) is 4.98 Å². The number of fused-ring (bicyclic) bond motifs is 1. The summed E-state index contributed by atoms with van der Waals surface area (Å²) >= 11 is 12.2. The molecule has 0 atom stereocenters. The van der Waals surface area contributed by atoms with Gasteiger partial charge < -0.3 is 4.42 Å². The number of nitrogens with zero attached hydrogens (tertiary/aromatic N) is 4. The third kappa shape index (κ3) is 2.98. The summed E-state index contributed by atoms with van der Waals surface area (Å²) in [6, 6.07) is 9.43. The van der Waals surface area contributed by atoms with E-state index in [-0.39, 0.29) is 0 Å². The highest BCUT2D eigenvalue weighted by Gasteiger charge is 2.12. The fourth-order valence-corrected chi connectivity index (χ4v) is 2.88. The quantitative estimate of drug-likeness (QED) is 0.554. The number of furan rings is 1. The molecule has 4 aromatic rings. The number of nitrogens with one attached hydrogen (secondary N) is 1. The first-order valence-corrected chi connectivity index (χ1v) is 8.01. The molecule has 0 saturated heterocycles. The molecule has 6 nitrogen and oxygen atoms in total. The van der Waals surface area contributed by atoms with Crippen molar-refractivity contribution in [1.29, 1.82) is 0 Å². The van der Waals surface area contributed by atoms with Gasteiger partial charge >= 0.3 is 0 Å². The molecular formula is C16H11Cl2N5O. The third-order valence-corrected chi connectivity index (χ3v) is 4.30. The summed E-state index contributed by atoms with van der Waals surface area (Å²) in [5.41, 5.74) is 2.85. The fraction of sp³-hybridized carbons (Fsp3) is 0.125. The van der Waals surface area contributed by atoms with Crippen molar-refractivity contribution in [3.63, 3.8) is 0 Å². The Morgan fingerprint density at radius 1 is 1.08 bits per heavy atom. The number of tetrazole rings is 1. The molecule has 0 unspecified atom stereocenters. The fourth-order valence-electron chi connectivity index (χ4n) is 2.50. The van der Waals surface area contributed by atoms with Crippen LogP contribution in [-0.2, 0) is 12.8 Å². The van der Waals surface area contributed by atoms with E-state index in [4.69, 9.17) is 27.6 Å². The topological polar surface area (TPSA) is 80.5 Å². The van der Waals surface area contributed by atoms with E-state index in [9.17, 15) is 0 Å². The van der Waals surface area contributed by atoms with Gasteiger partial charge in [0.2, 0.25) is 5.82 Å². The van der Waals surface area contributed by atoms with Gasteiger partial charge in [0.05, 0.1) is 0 Å². The van der Waals surface area contributed by atoms with Gasteiger partial charge in [0, 0.05) is 16.6 Å². The number of halogens is 2. The van der Waals surface area contributed by atoms with Crippen LogP contribution < -0.4 is 0 Å². The number of hydrogen-bond donors (Lipinski definition) is 1. The Morgan fingerprint density at radius 3 is 2.75 bits per heavy atom. The molecule has 1 N–H and O–H groups in total. The van der Waals surface area contributed by atoms with Gasteiger partial charge in [-0.15, -0.1) is 10.2 Å². The van der Waals surface area contributed by atoms with Crippen molar-refractivity contribution in [2.45, 2.75) is 12.8 Å². The normalized spacial score (nSPS) is 11.2. The molecule has 3 heterocycles. The van der Waals surface area contributed by atoms with E-state index in [1.807, 2.05) is 24.3 Å². The lowest BCUT2D eigenvalue weighted by molar-refractivity contribution is 0.625. The van der Waals surface area contributed by atoms with Gasteiger partial charge in [0.25, 0.3) is 0 Å². The molecular weight excluding hydrogens is 349 g/mol. The minimum atomic E-state index is 0.413. The van der Waals surface area contributed by atoms with Crippen LogP contribution in [0.25, 0.3) is 22.6 Å². The van der Waals surface area contributed by atoms with Crippen LogP contribution in [0.3, 0.4) is 0 Å². The zero-order chi connectivity index (χ0) is 16.5. The molecule has 24 heavy (non-hydrogen) atoms. The highest BCUT2D eigenvalue weighted by atomic mass is 35.5. The van der Waals surface area contributed by atoms with Crippen LogP contribution in [0.4, 0.5) is 0 Å². The predicted molar refractivity (Wildman–Crippen MR) is 91.1 cm³/mol. The van der Waals surface area contributed by atoms with Crippen molar-refractivity contribution in [2.24, 2.45) is 0 Å². The van der Waals surface area contributed by atoms with E-state index in [2.05, 4.69) is 25.6 Å². The van der Waals surface area contributed by atoms with E-state index >= 15 is 0 Å². The van der Waals surface area contributed by atoms with Crippen LogP contribution in [0.1, 0.15) is 11.1 Å². The van der Waals surface area contributed by atoms with Crippen LogP contribution in [-0.4, -0.2) is 25.6 Å². The van der Waals surface area contributed by atoms with Gasteiger partial charge in [0.1, 0.15) is 10.7 Å². The first kappa shape index (κ1) is 15.1. The Hall–Kier alpha value is -2.44. The van der Waals surface area contributed by atoms with Gasteiger partial charge in [-0.05, 0) is 53.4 Å². The van der Waals surface area contributed by atoms with Crippen molar-refractivity contribution in [3.05, 3.63) is 57.8 Å². The Bertz CT molecular complexity index is 980. The maximum Gasteiger partial charge on any atom is 0.239 e. The smallest absolute Gasteiger partial charge is 0.239 e. The van der Waals surface area contributed by atoms with Crippen molar-refractivity contribution in [2.75, 3.05) is 0 Å². The van der Waals surface area contributed by atoms with Crippen molar-refractivity contribution in [1.82, 2.24) is 25.6 Å². The first-order valence-electron chi connectivity index (χ1n) is 7.25. The number of pyridine rings is 1. The Labute approximate surface area is 146 Å². The summed E-state index contributed by atoms with van der Waals surface area (Å²) in [5.74, 6) is 0.963. The van der Waals surface area contributed by atoms with Gasteiger partial charge in [0.15, 0.2) is 5.76 Å². The molecule has 0 radical (unpaired) electrons. The lowest BCUT2D eigenvalue weighted by Gasteiger charge is -2.05. The van der Waals surface area contributed by atoms with Crippen molar-refractivity contribution >= 4 is 34.2 Å². The summed E-state index contributed by atoms with van der Waals surface area (Å²) in [5, 5.41) is 15.9. The minimum absolute atomic E-state index is 0.413. The highest BCUT2D eigenvalue weighted by molar-refractivity contribution is 6.32. The number of benzene rings is 1. The predicted octanol–water partition coefficient (Wildman–Crippen LogP) is 4.10. The van der Waals surface area contributed by atoms with Crippen molar-refractivity contribution in [3.8, 4) is 11.6 Å². The molecule has 1 aromatic carbocycles. The Balaban J connectivity index is 1.61. The van der Waals surface area contributed by atoms with Gasteiger partial charge in [-0.3, -0.25) is 0 Å². The molecule has 0 aliphatic heterocycles. The van der Waals surface area contributed by atoms with Gasteiger partial charge in [-0.1, -0.05) is 29.3 Å². The second kappa shape index (κ2) is 6.22. The van der Waals surface area contributed by atoms with Crippen LogP contribution in [0.2, 0.25) is 10.2 Å². The summed E-state index contributed by atoms with van der Waals surface area (Å²) in [4.78, 5) is 4.09. The average Bonchev–Trinajstić information content (AvgIpc) is 3.23. The second-order valence-corrected chi connectivity index (χ2v) is 6.11. The molecule has 0 aliphatic carbocycles. The molecule has 0 fully saturated rings. The molecule has 0 saturated carbocycles. The minimum Gasteiger partial charge on any atom is -0.453 e. The van der Waals surface area contributed by atoms with E-state index in [0.717, 1.165) is 34.9 Å². The Morgan fingerprint density at radius 2 is 2.00 bits per heavy atom. The van der Waals surface area contributed by atoms with Crippen molar-refractivity contribution < 1.29 is 4.42 Å². The zero-order valence-electron chi connectivity index (χ0n) is 12.3. The second-order valence-electron chi connectivity index (χ2n) is 5.32. The van der Waals surface area contributed by atoms with E-state index in [1.54, 1.807) is 12.3 Å². The standard InChI is InChI=1S/C16H11Cl2N5O/c17-12-5-11-7-14(16-20-22-23-21-16)24-13(11)6-10(12)3-1-9-2-4-15(18)19-8-9/h2,4-8H,1,3H2,(H,20,21,22,23). The molecule has 120 valence electrons. The van der Waals surface area contributed by atoms with Gasteiger partial charge in [-0.2, -0.15) is 5.21 Å². The maximum atomic E-state index is 6.40. The summed E-state index contributed by atoms with van der Waals surface area (Å²) in [6.45, 7) is 0. The SMILES string of the molecule is Clc1ccc(CCc2cc3oc(-c4nn[nH]n4)cc3cc2Cl)cn1. The van der Waals surface area contributed by atoms with Crippen LogP contribution in [0.15, 0.2) is 40.9 Å². The number of aromatic nitrogens is 5. The number of aromatic amines is 1. The molecule has 3 aromatic heterocycles. The number of aryl methyl sites for hydroxylation is 2. The number of hydrogen-bond acceptors (Lipinski definition) is 5. The summed E-state index contributed by atoms with van der Waals surface area (Å²) < 4.78 is 5.80. The lowest BCUT2D eigenvalue weighted by Crippen LogP contribution is -1.93. The summed E-state index contributed by atoms with van der Waals surface area (Å²) in [6.07, 6.45) is 3.36. The molecule has 0 spiro atoms. The summed E-state index contributed by atoms with van der Waals surface area (Å²) in [7, 11) is 0. The Kier molecular flexibility index (Phi) is 3.92. The van der Waals surface area contributed by atoms with Crippen LogP contribution in [0.5, 0.6) is 0 Å². The maximum absolute atomic E-state index is 6.40. The number of rotatable bonds is 4. The monoisotopic (exact) mass is 359 g/mol. The van der Waals surface area contributed by atoms with Crippen LogP contribution in [0, 0.1) is 0 Å². The lowest BCUT2D eigenvalue weighted by atomic mass is 10.0. The van der Waals surface area contributed by atoms with E-state index in [0.29, 0.717) is 21.8 Å². The largest absolute Gasteiger partial charge is 0.453 e. The van der Waals surface area contributed by atoms with Crippen LogP contribution >= 0.6 is 23.2 Å². The molecule has 0 amide bonds. The zero-order valence-corrected chi connectivity index (χ0v) is 13.8. The van der Waals surface area contributed by atoms with E-state index in [1.165, 1.54) is 0 Å². The average molecular weight is 360 g/mol. The highest BCUT2D eigenvalue weighted by Crippen LogP contribution is 2.30. The molecule has 0 bridgehead atoms. The molecule has 8 heteroatoms. The first-order chi connectivity index (χ1) is 11.7. The molecule has 0 aliphatic rings. The van der Waals surface area contributed by atoms with E-state index < -0.39 is 0 Å². The third-order valence-electron chi connectivity index (χ3n) is 3.72. The number of H-pyrrole nitrogens is 1.